The number of esters is 1. The summed E-state index contributed by atoms with van der Waals surface area (Å²) >= 11 is 0. The summed E-state index contributed by atoms with van der Waals surface area (Å²) < 4.78 is 6.29. The average molecular weight is 707 g/mol. The van der Waals surface area contributed by atoms with E-state index in [0.717, 1.165) is 49.8 Å². The predicted octanol–water partition coefficient (Wildman–Crippen LogP) is 8.17. The van der Waals surface area contributed by atoms with Gasteiger partial charge in [-0.1, -0.05) is 74.0 Å². The summed E-state index contributed by atoms with van der Waals surface area (Å²) in [6.45, 7) is 21.4. The fraction of sp³-hybridized carbons (Fsp3) is 0.767. The molecule has 4 fully saturated rings. The van der Waals surface area contributed by atoms with Gasteiger partial charge in [0.25, 0.3) is 6.47 Å². The maximum Gasteiger partial charge on any atom is 0.306 e. The highest BCUT2D eigenvalue weighted by Crippen LogP contribution is 2.73. The van der Waals surface area contributed by atoms with E-state index in [1.54, 1.807) is 6.20 Å². The van der Waals surface area contributed by atoms with E-state index in [1.165, 1.54) is 18.4 Å². The third-order valence-electron chi connectivity index (χ3n) is 14.5. The summed E-state index contributed by atoms with van der Waals surface area (Å²) in [7, 11) is 0. The first-order valence-corrected chi connectivity index (χ1v) is 19.7. The topological polar surface area (TPSA) is 126 Å². The van der Waals surface area contributed by atoms with Gasteiger partial charge in [0.2, 0.25) is 0 Å². The first-order chi connectivity index (χ1) is 23.9. The van der Waals surface area contributed by atoms with Crippen LogP contribution in [-0.2, 0) is 25.7 Å². The van der Waals surface area contributed by atoms with Crippen molar-refractivity contribution >= 4 is 18.2 Å². The Hall–Kier alpha value is -2.58. The number of hydrogen-bond acceptors (Lipinski definition) is 7. The summed E-state index contributed by atoms with van der Waals surface area (Å²) in [6.07, 6.45) is 10.7. The SMILES string of the molecule is CC(C)C1=C2C3CCC4C(C)(CCC5C(C)(C)C(OC(=O)CC(C)(C)C)CCC54C)C3CCC2(C(O)CNCc2ccccn2)CC1=O.O=CO. The van der Waals surface area contributed by atoms with Crippen molar-refractivity contribution in [3.63, 3.8) is 0 Å². The van der Waals surface area contributed by atoms with E-state index in [0.29, 0.717) is 49.6 Å². The van der Waals surface area contributed by atoms with Gasteiger partial charge in [-0.3, -0.25) is 19.4 Å². The molecule has 8 nitrogen and oxygen atoms in total. The molecule has 284 valence electrons. The molecule has 3 N–H and O–H groups in total. The number of pyridine rings is 1. The Kier molecular flexibility index (Phi) is 11.4. The molecule has 1 heterocycles. The third kappa shape index (κ3) is 7.22. The highest BCUT2D eigenvalue weighted by Gasteiger charge is 2.67. The summed E-state index contributed by atoms with van der Waals surface area (Å²) in [5, 5.41) is 22.4. The van der Waals surface area contributed by atoms with Gasteiger partial charge in [0.1, 0.15) is 6.10 Å². The van der Waals surface area contributed by atoms with E-state index >= 15 is 0 Å². The maximum atomic E-state index is 13.9. The predicted molar refractivity (Wildman–Crippen MR) is 199 cm³/mol. The molecule has 0 bridgehead atoms. The molecular weight excluding hydrogens is 640 g/mol. The number of nitrogens with one attached hydrogen (secondary N) is 1. The van der Waals surface area contributed by atoms with Gasteiger partial charge in [-0.25, -0.2) is 0 Å². The van der Waals surface area contributed by atoms with E-state index in [1.807, 2.05) is 18.2 Å². The van der Waals surface area contributed by atoms with Crippen LogP contribution in [0.2, 0.25) is 0 Å². The minimum Gasteiger partial charge on any atom is -0.483 e. The number of Topliss-reactive ketones (excluding diaryl/α,β-unsaturated/α-hetero) is 1. The van der Waals surface area contributed by atoms with Crippen molar-refractivity contribution in [2.45, 2.75) is 145 Å². The molecule has 0 saturated heterocycles. The molecule has 1 aromatic heterocycles. The molecule has 5 aliphatic carbocycles. The molecular formula is C43H66N2O6. The summed E-state index contributed by atoms with van der Waals surface area (Å²) in [6, 6.07) is 5.92. The van der Waals surface area contributed by atoms with Crippen LogP contribution in [0, 0.1) is 56.7 Å². The van der Waals surface area contributed by atoms with E-state index in [2.05, 4.69) is 72.6 Å². The van der Waals surface area contributed by atoms with Crippen molar-refractivity contribution in [2.75, 3.05) is 6.54 Å². The van der Waals surface area contributed by atoms with Gasteiger partial charge in [0.15, 0.2) is 5.78 Å². The average Bonchev–Trinajstić information content (AvgIpc) is 3.36. The number of aliphatic hydroxyl groups excluding tert-OH is 1. The van der Waals surface area contributed by atoms with Gasteiger partial charge in [-0.05, 0) is 115 Å². The Labute approximate surface area is 307 Å². The van der Waals surface area contributed by atoms with E-state index in [4.69, 9.17) is 14.6 Å². The second-order valence-corrected chi connectivity index (χ2v) is 19.4. The fourth-order valence-electron chi connectivity index (χ4n) is 12.6. The Balaban J connectivity index is 0.00000162. The molecule has 6 rings (SSSR count). The molecule has 0 spiro atoms. The van der Waals surface area contributed by atoms with Crippen LogP contribution in [-0.4, -0.2) is 52.2 Å². The lowest BCUT2D eigenvalue weighted by atomic mass is 9.36. The van der Waals surface area contributed by atoms with Gasteiger partial charge in [0.05, 0.1) is 18.2 Å². The number of aliphatic hydroxyl groups is 1. The van der Waals surface area contributed by atoms with Gasteiger partial charge in [-0.15, -0.1) is 0 Å². The third-order valence-corrected chi connectivity index (χ3v) is 14.5. The van der Waals surface area contributed by atoms with E-state index in [-0.39, 0.29) is 51.9 Å². The highest BCUT2D eigenvalue weighted by molar-refractivity contribution is 6.00. The van der Waals surface area contributed by atoms with Crippen LogP contribution in [0.1, 0.15) is 132 Å². The second-order valence-electron chi connectivity index (χ2n) is 19.4. The van der Waals surface area contributed by atoms with Gasteiger partial charge >= 0.3 is 5.97 Å². The first-order valence-electron chi connectivity index (χ1n) is 19.7. The van der Waals surface area contributed by atoms with Crippen molar-refractivity contribution in [1.29, 1.82) is 0 Å². The summed E-state index contributed by atoms with van der Waals surface area (Å²) in [4.78, 5) is 39.7. The maximum absolute atomic E-state index is 13.9. The standard InChI is InChI=1S/C42H64N2O4.CH2O2/c1-26(2)36-30(45)22-42(33(46)25-43-24-27-12-10-11-21-44-27)20-15-29-28(37(36)42)13-14-32-40(29,8)18-16-31-39(6,7)34(17-19-41(31,32)9)48-35(47)23-38(3,4)5;2-1-3/h10-12,21,26,28-29,31-34,43,46H,13-20,22-25H2,1-9H3;1H,(H,2,3). The minimum absolute atomic E-state index is 0.0301. The minimum atomic E-state index is -0.604. The Morgan fingerprint density at radius 2 is 1.71 bits per heavy atom. The lowest BCUT2D eigenvalue weighted by molar-refractivity contribution is -0.214. The van der Waals surface area contributed by atoms with Crippen LogP contribution in [0.25, 0.3) is 0 Å². The van der Waals surface area contributed by atoms with Crippen LogP contribution in [0.5, 0.6) is 0 Å². The number of aromatic nitrogens is 1. The monoisotopic (exact) mass is 706 g/mol. The van der Waals surface area contributed by atoms with Crippen molar-refractivity contribution in [3.05, 3.63) is 41.2 Å². The zero-order valence-corrected chi connectivity index (χ0v) is 32.9. The second kappa shape index (κ2) is 14.7. The molecule has 0 amide bonds. The molecule has 4 saturated carbocycles. The summed E-state index contributed by atoms with van der Waals surface area (Å²) in [5.41, 5.74) is 3.11. The number of carbonyl (C=O) groups is 3. The largest absolute Gasteiger partial charge is 0.483 e. The number of ketones is 1. The Morgan fingerprint density at radius 1 is 1.02 bits per heavy atom. The van der Waals surface area contributed by atoms with Crippen LogP contribution in [0.15, 0.2) is 35.5 Å². The smallest absolute Gasteiger partial charge is 0.306 e. The molecule has 5 aliphatic rings. The number of hydrogen-bond donors (Lipinski definition) is 3. The fourth-order valence-corrected chi connectivity index (χ4v) is 12.6. The molecule has 1 aromatic rings. The van der Waals surface area contributed by atoms with Crippen LogP contribution < -0.4 is 5.32 Å². The Bertz CT molecular complexity index is 1460. The number of nitrogens with zero attached hydrogens (tertiary/aromatic N) is 1. The molecule has 0 aromatic carbocycles. The van der Waals surface area contributed by atoms with E-state index < -0.39 is 11.5 Å². The number of allylic oxidation sites excluding steroid dienone is 1. The number of fused-ring (bicyclic) bond motifs is 7. The molecule has 0 aliphatic heterocycles. The van der Waals surface area contributed by atoms with Crippen LogP contribution in [0.4, 0.5) is 0 Å². The highest BCUT2D eigenvalue weighted by atomic mass is 16.5. The zero-order valence-electron chi connectivity index (χ0n) is 32.9. The zero-order chi connectivity index (χ0) is 37.6. The van der Waals surface area contributed by atoms with Crippen molar-refractivity contribution in [1.82, 2.24) is 10.3 Å². The molecule has 9 unspecified atom stereocenters. The van der Waals surface area contributed by atoms with Gasteiger partial charge < -0.3 is 20.3 Å². The van der Waals surface area contributed by atoms with Crippen LogP contribution in [0.3, 0.4) is 0 Å². The Morgan fingerprint density at radius 3 is 2.33 bits per heavy atom. The van der Waals surface area contributed by atoms with Gasteiger partial charge in [0, 0.05) is 36.5 Å². The number of carbonyl (C=O) groups excluding carboxylic acids is 2. The molecule has 9 atom stereocenters. The van der Waals surface area contributed by atoms with E-state index in [9.17, 15) is 14.7 Å². The normalized spacial score (nSPS) is 36.1. The number of carboxylic acid groups (broad SMARTS) is 1. The molecule has 8 heteroatoms. The summed E-state index contributed by atoms with van der Waals surface area (Å²) in [5.74, 6) is 2.38. The molecule has 0 radical (unpaired) electrons. The van der Waals surface area contributed by atoms with Crippen molar-refractivity contribution in [2.24, 2.45) is 56.7 Å². The van der Waals surface area contributed by atoms with Gasteiger partial charge in [-0.2, -0.15) is 0 Å². The number of rotatable bonds is 8. The van der Waals surface area contributed by atoms with Crippen molar-refractivity contribution < 1.29 is 29.3 Å². The lowest BCUT2D eigenvalue weighted by Crippen LogP contribution is -2.63. The first kappa shape index (κ1) is 39.6. The number of ether oxygens (including phenoxy) is 1. The lowest BCUT2D eigenvalue weighted by Gasteiger charge is -2.69. The molecule has 51 heavy (non-hydrogen) atoms. The quantitative estimate of drug-likeness (QED) is 0.183. The van der Waals surface area contributed by atoms with Crippen molar-refractivity contribution in [3.8, 4) is 0 Å². The van der Waals surface area contributed by atoms with Crippen LogP contribution >= 0.6 is 0 Å².